The summed E-state index contributed by atoms with van der Waals surface area (Å²) in [6, 6.07) is 1.50. The van der Waals surface area contributed by atoms with E-state index >= 15 is 0 Å². The van der Waals surface area contributed by atoms with Crippen LogP contribution in [0, 0.1) is 0 Å². The molecule has 0 saturated carbocycles. The molecule has 70 valence electrons. The molecule has 5 nitrogen and oxygen atoms in total. The van der Waals surface area contributed by atoms with Gasteiger partial charge < -0.3 is 14.9 Å². The smallest absolute Gasteiger partial charge is 0.374 e. The van der Waals surface area contributed by atoms with Crippen LogP contribution in [0.4, 0.5) is 0 Å². The molecule has 0 amide bonds. The van der Waals surface area contributed by atoms with E-state index in [1.165, 1.54) is 6.07 Å². The van der Waals surface area contributed by atoms with Gasteiger partial charge in [-0.05, 0) is 13.0 Å². The zero-order valence-corrected chi connectivity index (χ0v) is 6.99. The van der Waals surface area contributed by atoms with Gasteiger partial charge in [-0.1, -0.05) is 5.16 Å². The van der Waals surface area contributed by atoms with E-state index in [2.05, 4.69) is 15.0 Å². The minimum absolute atomic E-state index is 0.0816. The molecule has 1 fully saturated rings. The number of carboxylic acid groups (broad SMARTS) is 1. The molecule has 0 aliphatic carbocycles. The van der Waals surface area contributed by atoms with Gasteiger partial charge in [-0.3, -0.25) is 0 Å². The molecule has 2 heterocycles. The molecule has 1 atom stereocenters. The van der Waals surface area contributed by atoms with E-state index < -0.39 is 5.97 Å². The van der Waals surface area contributed by atoms with Crippen molar-refractivity contribution in [2.24, 2.45) is 0 Å². The Hall–Kier alpha value is -1.36. The number of carboxylic acids is 1. The monoisotopic (exact) mass is 182 g/mol. The van der Waals surface area contributed by atoms with E-state index in [0.717, 1.165) is 25.2 Å². The first-order chi connectivity index (χ1) is 6.27. The molecule has 2 rings (SSSR count). The van der Waals surface area contributed by atoms with E-state index in [9.17, 15) is 4.79 Å². The highest BCUT2D eigenvalue weighted by molar-refractivity contribution is 5.84. The van der Waals surface area contributed by atoms with Crippen molar-refractivity contribution in [3.05, 3.63) is 17.5 Å². The van der Waals surface area contributed by atoms with Gasteiger partial charge in [0.05, 0.1) is 5.69 Å². The van der Waals surface area contributed by atoms with Crippen molar-refractivity contribution in [2.75, 3.05) is 13.1 Å². The molecule has 0 aromatic carbocycles. The fourth-order valence-electron chi connectivity index (χ4n) is 1.49. The Kier molecular flexibility index (Phi) is 2.02. The Balaban J connectivity index is 2.16. The van der Waals surface area contributed by atoms with Gasteiger partial charge >= 0.3 is 5.97 Å². The lowest BCUT2D eigenvalue weighted by Crippen LogP contribution is -2.08. The van der Waals surface area contributed by atoms with Gasteiger partial charge in [0, 0.05) is 18.5 Å². The summed E-state index contributed by atoms with van der Waals surface area (Å²) in [5.41, 5.74) is 0.738. The number of aromatic carboxylic acids is 1. The molecule has 13 heavy (non-hydrogen) atoms. The molecule has 5 heteroatoms. The molecule has 2 N–H and O–H groups in total. The third-order valence-electron chi connectivity index (χ3n) is 2.22. The lowest BCUT2D eigenvalue weighted by molar-refractivity contribution is 0.0652. The van der Waals surface area contributed by atoms with Crippen LogP contribution in [-0.4, -0.2) is 29.3 Å². The van der Waals surface area contributed by atoms with Crippen molar-refractivity contribution < 1.29 is 14.4 Å². The molecule has 1 aromatic rings. The van der Waals surface area contributed by atoms with Crippen molar-refractivity contribution >= 4 is 5.97 Å². The van der Waals surface area contributed by atoms with Gasteiger partial charge in [-0.25, -0.2) is 4.79 Å². The van der Waals surface area contributed by atoms with E-state index in [0.29, 0.717) is 5.92 Å². The Morgan fingerprint density at radius 3 is 3.15 bits per heavy atom. The van der Waals surface area contributed by atoms with Crippen LogP contribution in [0.25, 0.3) is 0 Å². The maximum absolute atomic E-state index is 10.5. The van der Waals surface area contributed by atoms with Gasteiger partial charge in [0.15, 0.2) is 0 Å². The average Bonchev–Trinajstić information content (AvgIpc) is 2.75. The Morgan fingerprint density at radius 1 is 1.77 bits per heavy atom. The van der Waals surface area contributed by atoms with Crippen molar-refractivity contribution in [3.63, 3.8) is 0 Å². The van der Waals surface area contributed by atoms with Crippen molar-refractivity contribution in [2.45, 2.75) is 12.3 Å². The molecule has 1 saturated heterocycles. The van der Waals surface area contributed by atoms with Gasteiger partial charge in [0.1, 0.15) is 0 Å². The predicted molar refractivity (Wildman–Crippen MR) is 43.7 cm³/mol. The fraction of sp³-hybridized carbons (Fsp3) is 0.500. The van der Waals surface area contributed by atoms with Crippen LogP contribution >= 0.6 is 0 Å². The molecule has 0 spiro atoms. The number of aromatic nitrogens is 1. The Bertz CT molecular complexity index is 315. The van der Waals surface area contributed by atoms with E-state index in [1.807, 2.05) is 0 Å². The van der Waals surface area contributed by atoms with E-state index in [1.54, 1.807) is 0 Å². The van der Waals surface area contributed by atoms with Crippen molar-refractivity contribution in [1.82, 2.24) is 10.5 Å². The first-order valence-corrected chi connectivity index (χ1v) is 4.18. The molecule has 0 radical (unpaired) electrons. The zero-order valence-electron chi connectivity index (χ0n) is 6.99. The topological polar surface area (TPSA) is 75.4 Å². The highest BCUT2D eigenvalue weighted by atomic mass is 16.5. The molecule has 1 aromatic heterocycles. The molecule has 1 aliphatic heterocycles. The average molecular weight is 182 g/mol. The first-order valence-electron chi connectivity index (χ1n) is 4.18. The molecule has 0 unspecified atom stereocenters. The standard InChI is InChI=1S/C8H10N2O3/c11-8(12)7-3-6(10-13-7)5-1-2-9-4-5/h3,5,9H,1-2,4H2,(H,11,12)/t5-/m1/s1. The molecule has 1 aliphatic rings. The predicted octanol–water partition coefficient (Wildman–Crippen LogP) is 0.450. The van der Waals surface area contributed by atoms with Gasteiger partial charge in [0.2, 0.25) is 5.76 Å². The second-order valence-corrected chi connectivity index (χ2v) is 3.11. The summed E-state index contributed by atoms with van der Waals surface area (Å²) in [5.74, 6) is -0.844. The third kappa shape index (κ3) is 1.55. The molecular weight excluding hydrogens is 172 g/mol. The van der Waals surface area contributed by atoms with E-state index in [-0.39, 0.29) is 5.76 Å². The normalized spacial score (nSPS) is 22.0. The summed E-state index contributed by atoms with van der Waals surface area (Å²) in [6.45, 7) is 1.81. The quantitative estimate of drug-likeness (QED) is 0.694. The van der Waals surface area contributed by atoms with Crippen molar-refractivity contribution in [3.8, 4) is 0 Å². The largest absolute Gasteiger partial charge is 0.475 e. The number of hydrogen-bond acceptors (Lipinski definition) is 4. The summed E-state index contributed by atoms with van der Waals surface area (Å²) in [5, 5.41) is 15.5. The summed E-state index contributed by atoms with van der Waals surface area (Å²) in [4.78, 5) is 10.5. The number of carbonyl (C=O) groups is 1. The maximum Gasteiger partial charge on any atom is 0.374 e. The second-order valence-electron chi connectivity index (χ2n) is 3.11. The van der Waals surface area contributed by atoms with E-state index in [4.69, 9.17) is 5.11 Å². The second kappa shape index (κ2) is 3.18. The fourth-order valence-corrected chi connectivity index (χ4v) is 1.49. The number of rotatable bonds is 2. The molecular formula is C8H10N2O3. The summed E-state index contributed by atoms with van der Waals surface area (Å²) < 4.78 is 4.66. The maximum atomic E-state index is 10.5. The highest BCUT2D eigenvalue weighted by Gasteiger charge is 2.21. The summed E-state index contributed by atoms with van der Waals surface area (Å²) in [7, 11) is 0. The van der Waals surface area contributed by atoms with Crippen LogP contribution in [0.2, 0.25) is 0 Å². The van der Waals surface area contributed by atoms with Gasteiger partial charge in [-0.15, -0.1) is 0 Å². The van der Waals surface area contributed by atoms with Crippen LogP contribution in [-0.2, 0) is 0 Å². The first kappa shape index (κ1) is 8.25. The van der Waals surface area contributed by atoms with Gasteiger partial charge in [-0.2, -0.15) is 0 Å². The van der Waals surface area contributed by atoms with Gasteiger partial charge in [0.25, 0.3) is 0 Å². The van der Waals surface area contributed by atoms with Crippen LogP contribution in [0.3, 0.4) is 0 Å². The lowest BCUT2D eigenvalue weighted by atomic mass is 10.1. The number of hydrogen-bond donors (Lipinski definition) is 2. The van der Waals surface area contributed by atoms with Crippen LogP contribution in [0.15, 0.2) is 10.6 Å². The summed E-state index contributed by atoms with van der Waals surface area (Å²) in [6.07, 6.45) is 0.992. The Morgan fingerprint density at radius 2 is 2.62 bits per heavy atom. The number of nitrogens with one attached hydrogen (secondary N) is 1. The molecule has 0 bridgehead atoms. The van der Waals surface area contributed by atoms with Crippen LogP contribution in [0.1, 0.15) is 28.6 Å². The SMILES string of the molecule is O=C(O)c1cc([C@@H]2CCNC2)no1. The highest BCUT2D eigenvalue weighted by Crippen LogP contribution is 2.21. The minimum atomic E-state index is -1.07. The summed E-state index contributed by atoms with van der Waals surface area (Å²) >= 11 is 0. The third-order valence-corrected chi connectivity index (χ3v) is 2.22. The van der Waals surface area contributed by atoms with Crippen LogP contribution in [0.5, 0.6) is 0 Å². The lowest BCUT2D eigenvalue weighted by Gasteiger charge is -1.99. The van der Waals surface area contributed by atoms with Crippen LogP contribution < -0.4 is 5.32 Å². The zero-order chi connectivity index (χ0) is 9.26. The Labute approximate surface area is 74.7 Å². The minimum Gasteiger partial charge on any atom is -0.475 e. The number of nitrogens with zero attached hydrogens (tertiary/aromatic N) is 1. The van der Waals surface area contributed by atoms with Crippen molar-refractivity contribution in [1.29, 1.82) is 0 Å².